The molecule has 1 aromatic carbocycles. The van der Waals surface area contributed by atoms with Gasteiger partial charge in [-0.3, -0.25) is 4.79 Å². The van der Waals surface area contributed by atoms with Gasteiger partial charge in [0.05, 0.1) is 15.5 Å². The van der Waals surface area contributed by atoms with Crippen LogP contribution in [0.5, 0.6) is 11.5 Å². The molecule has 1 aliphatic heterocycles. The lowest BCUT2D eigenvalue weighted by molar-refractivity contribution is -0.115. The number of hydrogen-bond acceptors (Lipinski definition) is 6. The molecule has 1 amide bonds. The van der Waals surface area contributed by atoms with E-state index >= 15 is 0 Å². The molecule has 0 fully saturated rings. The molecule has 0 radical (unpaired) electrons. The zero-order valence-corrected chi connectivity index (χ0v) is 14.9. The average Bonchev–Trinajstić information content (AvgIpc) is 2.93. The molecular weight excluding hydrogens is 332 g/mol. The molecule has 1 aliphatic rings. The molecule has 1 N–H and O–H groups in total. The summed E-state index contributed by atoms with van der Waals surface area (Å²) in [7, 11) is 0. The fraction of sp³-hybridized carbons (Fsp3) is 0.500. The zero-order valence-electron chi connectivity index (χ0n) is 13.3. The van der Waals surface area contributed by atoms with Crippen molar-refractivity contribution in [3.05, 3.63) is 12.1 Å². The highest BCUT2D eigenvalue weighted by molar-refractivity contribution is 8.00. The summed E-state index contributed by atoms with van der Waals surface area (Å²) in [6.07, 6.45) is 2.28. The number of hydrogen-bond donors (Lipinski definition) is 1. The van der Waals surface area contributed by atoms with Crippen LogP contribution in [-0.2, 0) is 4.79 Å². The molecule has 0 bridgehead atoms. The van der Waals surface area contributed by atoms with Gasteiger partial charge in [0.1, 0.15) is 13.2 Å². The SMILES string of the molecule is CCCCSC(C)C(=O)Nc1nc2cc3c(cc2s1)OCCO3. The Balaban J connectivity index is 1.69. The Morgan fingerprint density at radius 3 is 2.87 bits per heavy atom. The van der Waals surface area contributed by atoms with Gasteiger partial charge in [-0.1, -0.05) is 24.7 Å². The van der Waals surface area contributed by atoms with Crippen LogP contribution >= 0.6 is 23.1 Å². The van der Waals surface area contributed by atoms with Gasteiger partial charge in [0.25, 0.3) is 0 Å². The van der Waals surface area contributed by atoms with Crippen molar-refractivity contribution in [3.63, 3.8) is 0 Å². The molecule has 3 rings (SSSR count). The van der Waals surface area contributed by atoms with E-state index in [1.54, 1.807) is 11.8 Å². The summed E-state index contributed by atoms with van der Waals surface area (Å²) in [6, 6.07) is 3.80. The molecule has 0 aliphatic carbocycles. The number of thiazole rings is 1. The van der Waals surface area contributed by atoms with E-state index in [9.17, 15) is 4.79 Å². The first kappa shape index (κ1) is 16.4. The number of unbranched alkanes of at least 4 members (excludes halogenated alkanes) is 1. The summed E-state index contributed by atoms with van der Waals surface area (Å²) in [5.74, 6) is 2.47. The monoisotopic (exact) mass is 352 g/mol. The second-order valence-electron chi connectivity index (χ2n) is 5.34. The van der Waals surface area contributed by atoms with Gasteiger partial charge in [-0.2, -0.15) is 0 Å². The predicted octanol–water partition coefficient (Wildman–Crippen LogP) is 3.93. The number of anilines is 1. The molecule has 5 nitrogen and oxygen atoms in total. The number of aromatic nitrogens is 1. The van der Waals surface area contributed by atoms with Gasteiger partial charge < -0.3 is 14.8 Å². The van der Waals surface area contributed by atoms with Gasteiger partial charge in [-0.15, -0.1) is 11.8 Å². The maximum atomic E-state index is 12.2. The van der Waals surface area contributed by atoms with Crippen molar-refractivity contribution < 1.29 is 14.3 Å². The van der Waals surface area contributed by atoms with Crippen molar-refractivity contribution >= 4 is 44.4 Å². The van der Waals surface area contributed by atoms with Crippen molar-refractivity contribution in [2.24, 2.45) is 0 Å². The number of carbonyl (C=O) groups is 1. The van der Waals surface area contributed by atoms with E-state index < -0.39 is 0 Å². The highest BCUT2D eigenvalue weighted by atomic mass is 32.2. The third-order valence-corrected chi connectivity index (χ3v) is 5.69. The van der Waals surface area contributed by atoms with Gasteiger partial charge in [-0.25, -0.2) is 4.98 Å². The van der Waals surface area contributed by atoms with Gasteiger partial charge in [0, 0.05) is 12.1 Å². The summed E-state index contributed by atoms with van der Waals surface area (Å²) >= 11 is 3.14. The first-order valence-corrected chi connectivity index (χ1v) is 9.66. The number of nitrogens with one attached hydrogen (secondary N) is 1. The lowest BCUT2D eigenvalue weighted by Crippen LogP contribution is -2.22. The summed E-state index contributed by atoms with van der Waals surface area (Å²) in [5.41, 5.74) is 0.820. The highest BCUT2D eigenvalue weighted by Crippen LogP contribution is 2.37. The molecule has 1 aromatic heterocycles. The van der Waals surface area contributed by atoms with Crippen LogP contribution in [0.15, 0.2) is 12.1 Å². The van der Waals surface area contributed by atoms with E-state index in [1.165, 1.54) is 11.3 Å². The number of rotatable bonds is 6. The minimum atomic E-state index is -0.0755. The average molecular weight is 352 g/mol. The van der Waals surface area contributed by atoms with Gasteiger partial charge in [-0.05, 0) is 19.1 Å². The Morgan fingerprint density at radius 2 is 2.13 bits per heavy atom. The van der Waals surface area contributed by atoms with E-state index in [4.69, 9.17) is 9.47 Å². The number of thioether (sulfide) groups is 1. The fourth-order valence-electron chi connectivity index (χ4n) is 2.21. The van der Waals surface area contributed by atoms with Crippen LogP contribution in [0.1, 0.15) is 26.7 Å². The molecule has 0 saturated carbocycles. The molecular formula is C16H20N2O3S2. The second kappa shape index (κ2) is 7.40. The highest BCUT2D eigenvalue weighted by Gasteiger charge is 2.18. The number of amides is 1. The summed E-state index contributed by atoms with van der Waals surface area (Å²) in [5, 5.41) is 3.46. The van der Waals surface area contributed by atoms with Gasteiger partial charge in [0.2, 0.25) is 5.91 Å². The van der Waals surface area contributed by atoms with Crippen LogP contribution in [0, 0.1) is 0 Å². The van der Waals surface area contributed by atoms with E-state index in [1.807, 2.05) is 19.1 Å². The Labute approximate surface area is 143 Å². The molecule has 0 saturated heterocycles. The molecule has 2 heterocycles. The lowest BCUT2D eigenvalue weighted by atomic mass is 10.3. The standard InChI is InChI=1S/C16H20N2O3S2/c1-3-4-7-22-10(2)15(19)18-16-17-11-8-12-13(9-14(11)23-16)21-6-5-20-12/h8-10H,3-7H2,1-2H3,(H,17,18,19). The van der Waals surface area contributed by atoms with Gasteiger partial charge in [0.15, 0.2) is 16.6 Å². The van der Waals surface area contributed by atoms with Crippen LogP contribution in [-0.4, -0.2) is 35.1 Å². The normalized spacial score (nSPS) is 14.7. The molecule has 0 spiro atoms. The minimum Gasteiger partial charge on any atom is -0.486 e. The maximum absolute atomic E-state index is 12.2. The predicted molar refractivity (Wildman–Crippen MR) is 96.1 cm³/mol. The third-order valence-electron chi connectivity index (χ3n) is 3.52. The largest absolute Gasteiger partial charge is 0.486 e. The van der Waals surface area contributed by atoms with Crippen molar-refractivity contribution in [2.75, 3.05) is 24.3 Å². The van der Waals surface area contributed by atoms with Crippen LogP contribution in [0.3, 0.4) is 0 Å². The lowest BCUT2D eigenvalue weighted by Gasteiger charge is -2.17. The Hall–Kier alpha value is -1.47. The fourth-order valence-corrected chi connectivity index (χ4v) is 4.10. The van der Waals surface area contributed by atoms with E-state index in [2.05, 4.69) is 17.2 Å². The van der Waals surface area contributed by atoms with E-state index in [-0.39, 0.29) is 11.2 Å². The van der Waals surface area contributed by atoms with Crippen molar-refractivity contribution in [2.45, 2.75) is 31.9 Å². The zero-order chi connectivity index (χ0) is 16.2. The van der Waals surface area contributed by atoms with Crippen LogP contribution < -0.4 is 14.8 Å². The summed E-state index contributed by atoms with van der Waals surface area (Å²) < 4.78 is 12.1. The summed E-state index contributed by atoms with van der Waals surface area (Å²) in [4.78, 5) is 16.7. The van der Waals surface area contributed by atoms with Crippen molar-refractivity contribution in [1.29, 1.82) is 0 Å². The number of carbonyl (C=O) groups excluding carboxylic acids is 1. The van der Waals surface area contributed by atoms with E-state index in [0.717, 1.165) is 40.3 Å². The smallest absolute Gasteiger partial charge is 0.238 e. The quantitative estimate of drug-likeness (QED) is 0.798. The van der Waals surface area contributed by atoms with E-state index in [0.29, 0.717) is 18.3 Å². The number of nitrogens with zero attached hydrogens (tertiary/aromatic N) is 1. The first-order valence-electron chi connectivity index (χ1n) is 7.80. The molecule has 1 unspecified atom stereocenters. The molecule has 2 aromatic rings. The second-order valence-corrected chi connectivity index (χ2v) is 7.82. The van der Waals surface area contributed by atoms with Crippen LogP contribution in [0.4, 0.5) is 5.13 Å². The maximum Gasteiger partial charge on any atom is 0.238 e. The molecule has 23 heavy (non-hydrogen) atoms. The van der Waals surface area contributed by atoms with Crippen molar-refractivity contribution in [3.8, 4) is 11.5 Å². The topological polar surface area (TPSA) is 60.5 Å². The Morgan fingerprint density at radius 1 is 1.39 bits per heavy atom. The van der Waals surface area contributed by atoms with Gasteiger partial charge >= 0.3 is 0 Å². The Bertz CT molecular complexity index is 659. The molecule has 7 heteroatoms. The van der Waals surface area contributed by atoms with Crippen molar-refractivity contribution in [1.82, 2.24) is 4.98 Å². The number of fused-ring (bicyclic) bond motifs is 2. The summed E-state index contributed by atoms with van der Waals surface area (Å²) in [6.45, 7) is 5.20. The number of benzene rings is 1. The Kier molecular flexibility index (Phi) is 5.27. The third kappa shape index (κ3) is 3.90. The van der Waals surface area contributed by atoms with Crippen LogP contribution in [0.25, 0.3) is 10.2 Å². The molecule has 124 valence electrons. The van der Waals surface area contributed by atoms with Crippen LogP contribution in [0.2, 0.25) is 0 Å². The molecule has 1 atom stereocenters. The number of ether oxygens (including phenoxy) is 2. The minimum absolute atomic E-state index is 0.00224. The first-order chi connectivity index (χ1) is 11.2.